The lowest BCUT2D eigenvalue weighted by Gasteiger charge is -2.28. The minimum absolute atomic E-state index is 0.325. The third kappa shape index (κ3) is 2.23. The fourth-order valence-corrected chi connectivity index (χ4v) is 2.58. The number of hydrogen-bond donors (Lipinski definition) is 0. The van der Waals surface area contributed by atoms with E-state index in [9.17, 15) is 4.79 Å². The van der Waals surface area contributed by atoms with Gasteiger partial charge in [0.25, 0.3) is 0 Å². The Balaban J connectivity index is 2.16. The highest BCUT2D eigenvalue weighted by atomic mass is 16.6. The maximum absolute atomic E-state index is 12.1. The number of rotatable bonds is 3. The Morgan fingerprint density at radius 2 is 2.00 bits per heavy atom. The summed E-state index contributed by atoms with van der Waals surface area (Å²) in [6, 6.07) is 13.2. The quantitative estimate of drug-likeness (QED) is 0.811. The molecular weight excluding hydrogens is 268 g/mol. The van der Waals surface area contributed by atoms with Crippen LogP contribution in [0.2, 0.25) is 0 Å². The van der Waals surface area contributed by atoms with Gasteiger partial charge in [-0.15, -0.1) is 0 Å². The van der Waals surface area contributed by atoms with Gasteiger partial charge < -0.3 is 14.2 Å². The smallest absolute Gasteiger partial charge is 0.352 e. The topological polar surface area (TPSA) is 44.8 Å². The average Bonchev–Trinajstić information content (AvgIpc) is 2.53. The molecule has 0 aromatic heterocycles. The van der Waals surface area contributed by atoms with Crippen molar-refractivity contribution in [3.05, 3.63) is 48.0 Å². The van der Waals surface area contributed by atoms with E-state index in [1.54, 1.807) is 14.0 Å². The number of carbonyl (C=O) groups is 1. The van der Waals surface area contributed by atoms with E-state index in [2.05, 4.69) is 0 Å². The van der Waals surface area contributed by atoms with Crippen molar-refractivity contribution < 1.29 is 19.0 Å². The molecule has 108 valence electrons. The molecule has 0 N–H and O–H groups in total. The van der Waals surface area contributed by atoms with Gasteiger partial charge in [-0.3, -0.25) is 0 Å². The SMILES string of the molecule is CCOC(=O)C1Oc2cccc(OC)c2-c2ccccc21. The molecule has 0 saturated heterocycles. The molecule has 1 heterocycles. The van der Waals surface area contributed by atoms with Crippen molar-refractivity contribution in [2.75, 3.05) is 13.7 Å². The summed E-state index contributed by atoms with van der Waals surface area (Å²) >= 11 is 0. The predicted octanol–water partition coefficient (Wildman–Crippen LogP) is 3.36. The molecule has 0 amide bonds. The number of esters is 1. The molecule has 0 radical (unpaired) electrons. The van der Waals surface area contributed by atoms with E-state index in [-0.39, 0.29) is 5.97 Å². The van der Waals surface area contributed by atoms with Crippen LogP contribution in [0.4, 0.5) is 0 Å². The molecule has 4 nitrogen and oxygen atoms in total. The number of benzene rings is 2. The molecule has 1 atom stereocenters. The third-order valence-electron chi connectivity index (χ3n) is 3.47. The first-order valence-corrected chi connectivity index (χ1v) is 6.85. The van der Waals surface area contributed by atoms with Crippen molar-refractivity contribution >= 4 is 5.97 Å². The first-order valence-electron chi connectivity index (χ1n) is 6.85. The van der Waals surface area contributed by atoms with Gasteiger partial charge in [0.05, 0.1) is 19.3 Å². The van der Waals surface area contributed by atoms with Gasteiger partial charge in [0.1, 0.15) is 11.5 Å². The lowest BCUT2D eigenvalue weighted by Crippen LogP contribution is -2.24. The summed E-state index contributed by atoms with van der Waals surface area (Å²) < 4.78 is 16.4. The van der Waals surface area contributed by atoms with E-state index in [4.69, 9.17) is 14.2 Å². The highest BCUT2D eigenvalue weighted by Crippen LogP contribution is 2.47. The van der Waals surface area contributed by atoms with Crippen LogP contribution in [-0.4, -0.2) is 19.7 Å². The molecule has 21 heavy (non-hydrogen) atoms. The van der Waals surface area contributed by atoms with Gasteiger partial charge in [0.2, 0.25) is 6.10 Å². The largest absolute Gasteiger partial charge is 0.496 e. The minimum atomic E-state index is -0.735. The van der Waals surface area contributed by atoms with Crippen LogP contribution >= 0.6 is 0 Å². The molecule has 0 aliphatic carbocycles. The molecular formula is C17H16O4. The zero-order valence-electron chi connectivity index (χ0n) is 12.0. The second-order valence-electron chi connectivity index (χ2n) is 4.67. The number of methoxy groups -OCH3 is 1. The van der Waals surface area contributed by atoms with E-state index >= 15 is 0 Å². The van der Waals surface area contributed by atoms with Crippen molar-refractivity contribution in [2.24, 2.45) is 0 Å². The van der Waals surface area contributed by atoms with Gasteiger partial charge in [-0.2, -0.15) is 0 Å². The molecule has 0 saturated carbocycles. The number of ether oxygens (including phenoxy) is 3. The Morgan fingerprint density at radius 1 is 1.19 bits per heavy atom. The maximum atomic E-state index is 12.1. The molecule has 2 aromatic carbocycles. The summed E-state index contributed by atoms with van der Waals surface area (Å²) in [5.41, 5.74) is 2.61. The van der Waals surface area contributed by atoms with Gasteiger partial charge >= 0.3 is 5.97 Å². The zero-order chi connectivity index (χ0) is 14.8. The second kappa shape index (κ2) is 5.48. The fraction of sp³-hybridized carbons (Fsp3) is 0.235. The van der Waals surface area contributed by atoms with Gasteiger partial charge in [0, 0.05) is 5.56 Å². The normalized spacial score (nSPS) is 15.4. The molecule has 2 aromatic rings. The average molecular weight is 284 g/mol. The van der Waals surface area contributed by atoms with Crippen molar-refractivity contribution in [1.82, 2.24) is 0 Å². The Bertz CT molecular complexity index is 678. The van der Waals surface area contributed by atoms with Gasteiger partial charge in [0.15, 0.2) is 0 Å². The van der Waals surface area contributed by atoms with Crippen molar-refractivity contribution in [3.63, 3.8) is 0 Å². The first kappa shape index (κ1) is 13.5. The van der Waals surface area contributed by atoms with Crippen LogP contribution in [-0.2, 0) is 9.53 Å². The van der Waals surface area contributed by atoms with Gasteiger partial charge in [-0.05, 0) is 24.6 Å². The Labute approximate surface area is 123 Å². The molecule has 1 aliphatic rings. The van der Waals surface area contributed by atoms with E-state index < -0.39 is 6.10 Å². The summed E-state index contributed by atoms with van der Waals surface area (Å²) in [5, 5.41) is 0. The summed E-state index contributed by atoms with van der Waals surface area (Å²) in [5.74, 6) is 0.979. The summed E-state index contributed by atoms with van der Waals surface area (Å²) in [4.78, 5) is 12.1. The zero-order valence-corrected chi connectivity index (χ0v) is 12.0. The van der Waals surface area contributed by atoms with E-state index in [0.717, 1.165) is 22.4 Å². The van der Waals surface area contributed by atoms with Crippen LogP contribution in [0.3, 0.4) is 0 Å². The minimum Gasteiger partial charge on any atom is -0.496 e. The van der Waals surface area contributed by atoms with Crippen molar-refractivity contribution in [1.29, 1.82) is 0 Å². The molecule has 4 heteroatoms. The third-order valence-corrected chi connectivity index (χ3v) is 3.47. The standard InChI is InChI=1S/C17H16O4/c1-3-20-17(18)16-12-8-5-4-7-11(12)15-13(19-2)9-6-10-14(15)21-16/h4-10,16H,3H2,1-2H3. The summed E-state index contributed by atoms with van der Waals surface area (Å²) in [6.45, 7) is 2.11. The number of carbonyl (C=O) groups excluding carboxylic acids is 1. The molecule has 0 spiro atoms. The predicted molar refractivity (Wildman–Crippen MR) is 78.4 cm³/mol. The lowest BCUT2D eigenvalue weighted by atomic mass is 9.92. The van der Waals surface area contributed by atoms with Crippen LogP contribution in [0.5, 0.6) is 11.5 Å². The number of fused-ring (bicyclic) bond motifs is 3. The van der Waals surface area contributed by atoms with E-state index in [1.807, 2.05) is 42.5 Å². The molecule has 1 aliphatic heterocycles. The summed E-state index contributed by atoms with van der Waals surface area (Å²) in [7, 11) is 1.62. The second-order valence-corrected chi connectivity index (χ2v) is 4.67. The first-order chi connectivity index (χ1) is 10.3. The van der Waals surface area contributed by atoms with Crippen LogP contribution in [0.15, 0.2) is 42.5 Å². The fourth-order valence-electron chi connectivity index (χ4n) is 2.58. The van der Waals surface area contributed by atoms with Crippen LogP contribution in [0.1, 0.15) is 18.6 Å². The highest BCUT2D eigenvalue weighted by Gasteiger charge is 2.33. The van der Waals surface area contributed by atoms with Crippen LogP contribution in [0, 0.1) is 0 Å². The van der Waals surface area contributed by atoms with Gasteiger partial charge in [-0.25, -0.2) is 4.79 Å². The maximum Gasteiger partial charge on any atom is 0.352 e. The Morgan fingerprint density at radius 3 is 2.76 bits per heavy atom. The monoisotopic (exact) mass is 284 g/mol. The molecule has 0 bridgehead atoms. The van der Waals surface area contributed by atoms with E-state index in [1.165, 1.54) is 0 Å². The summed E-state index contributed by atoms with van der Waals surface area (Å²) in [6.07, 6.45) is -0.735. The number of hydrogen-bond acceptors (Lipinski definition) is 4. The van der Waals surface area contributed by atoms with Crippen LogP contribution < -0.4 is 9.47 Å². The van der Waals surface area contributed by atoms with Gasteiger partial charge in [-0.1, -0.05) is 30.3 Å². The lowest BCUT2D eigenvalue weighted by molar-refractivity contribution is -0.151. The molecule has 1 unspecified atom stereocenters. The van der Waals surface area contributed by atoms with Crippen molar-refractivity contribution in [2.45, 2.75) is 13.0 Å². The molecule has 0 fully saturated rings. The van der Waals surface area contributed by atoms with Crippen LogP contribution in [0.25, 0.3) is 11.1 Å². The molecule has 3 rings (SSSR count). The Kier molecular flexibility index (Phi) is 3.52. The highest BCUT2D eigenvalue weighted by molar-refractivity contribution is 5.88. The van der Waals surface area contributed by atoms with Crippen molar-refractivity contribution in [3.8, 4) is 22.6 Å². The van der Waals surface area contributed by atoms with E-state index in [0.29, 0.717) is 12.4 Å². The Hall–Kier alpha value is -2.49.